The molecule has 126 valence electrons. The molecule has 2 heterocycles. The minimum absolute atomic E-state index is 0.154. The summed E-state index contributed by atoms with van der Waals surface area (Å²) in [6.07, 6.45) is 1.94. The average Bonchev–Trinajstić information content (AvgIpc) is 3.22. The van der Waals surface area contributed by atoms with Crippen LogP contribution < -0.4 is 11.1 Å². The van der Waals surface area contributed by atoms with E-state index < -0.39 is 5.91 Å². The van der Waals surface area contributed by atoms with Gasteiger partial charge < -0.3 is 16.0 Å². The largest absolute Gasteiger partial charge is 0.364 e. The van der Waals surface area contributed by atoms with Crippen molar-refractivity contribution in [1.29, 1.82) is 0 Å². The van der Waals surface area contributed by atoms with Crippen LogP contribution in [0.1, 0.15) is 33.8 Å². The molecule has 0 unspecified atom stereocenters. The van der Waals surface area contributed by atoms with Crippen molar-refractivity contribution in [1.82, 2.24) is 20.0 Å². The number of primary amides is 1. The number of para-hydroxylation sites is 1. The molecular weight excluding hydrogens is 306 g/mol. The number of nitrogens with one attached hydrogen (secondary N) is 1. The standard InChI is InChI=1S/C17H21N5O2/c1-19-11-13-8-5-9-21(13)17(24)14-10-15(16(18)23)22(20-14)12-6-3-2-4-7-12/h2-4,6-7,10,13,19H,5,8-9,11H2,1H3,(H2,18,23)/t13-/m0/s1. The molecule has 1 saturated heterocycles. The number of carbonyl (C=O) groups is 2. The Bertz CT molecular complexity index is 741. The lowest BCUT2D eigenvalue weighted by Crippen LogP contribution is -2.41. The molecule has 1 aliphatic heterocycles. The Morgan fingerprint density at radius 1 is 1.33 bits per heavy atom. The van der Waals surface area contributed by atoms with Crippen molar-refractivity contribution < 1.29 is 9.59 Å². The first-order valence-electron chi connectivity index (χ1n) is 8.02. The van der Waals surface area contributed by atoms with Gasteiger partial charge in [-0.25, -0.2) is 4.68 Å². The van der Waals surface area contributed by atoms with Crippen molar-refractivity contribution in [3.05, 3.63) is 47.8 Å². The van der Waals surface area contributed by atoms with Gasteiger partial charge in [0.25, 0.3) is 11.8 Å². The van der Waals surface area contributed by atoms with Crippen LogP contribution in [0.3, 0.4) is 0 Å². The highest BCUT2D eigenvalue weighted by Gasteiger charge is 2.31. The van der Waals surface area contributed by atoms with Crippen LogP contribution in [0.4, 0.5) is 0 Å². The molecular formula is C17H21N5O2. The number of carbonyl (C=O) groups excluding carboxylic acids is 2. The number of hydrogen-bond donors (Lipinski definition) is 2. The van der Waals surface area contributed by atoms with Crippen LogP contribution in [0.15, 0.2) is 36.4 Å². The fraction of sp³-hybridized carbons (Fsp3) is 0.353. The summed E-state index contributed by atoms with van der Waals surface area (Å²) < 4.78 is 1.43. The summed E-state index contributed by atoms with van der Waals surface area (Å²) in [5.41, 5.74) is 6.60. The molecule has 3 rings (SSSR count). The van der Waals surface area contributed by atoms with Gasteiger partial charge in [-0.2, -0.15) is 5.10 Å². The van der Waals surface area contributed by atoms with Crippen molar-refractivity contribution in [2.75, 3.05) is 20.1 Å². The minimum atomic E-state index is -0.612. The van der Waals surface area contributed by atoms with Gasteiger partial charge >= 0.3 is 0 Å². The van der Waals surface area contributed by atoms with Crippen LogP contribution in [0.5, 0.6) is 0 Å². The Balaban J connectivity index is 1.94. The molecule has 1 aromatic carbocycles. The van der Waals surface area contributed by atoms with E-state index in [2.05, 4.69) is 10.4 Å². The van der Waals surface area contributed by atoms with Crippen LogP contribution >= 0.6 is 0 Å². The Morgan fingerprint density at radius 2 is 2.08 bits per heavy atom. The fourth-order valence-corrected chi connectivity index (χ4v) is 3.13. The molecule has 2 aromatic rings. The summed E-state index contributed by atoms with van der Waals surface area (Å²) in [6, 6.07) is 10.8. The second kappa shape index (κ2) is 6.84. The van der Waals surface area contributed by atoms with Crippen molar-refractivity contribution in [3.8, 4) is 5.69 Å². The summed E-state index contributed by atoms with van der Waals surface area (Å²) >= 11 is 0. The highest BCUT2D eigenvalue weighted by Crippen LogP contribution is 2.20. The van der Waals surface area contributed by atoms with E-state index in [-0.39, 0.29) is 23.3 Å². The maximum absolute atomic E-state index is 12.8. The number of benzene rings is 1. The lowest BCUT2D eigenvalue weighted by Gasteiger charge is -2.23. The third kappa shape index (κ3) is 3.03. The van der Waals surface area contributed by atoms with E-state index in [4.69, 9.17) is 5.73 Å². The summed E-state index contributed by atoms with van der Waals surface area (Å²) in [6.45, 7) is 1.45. The number of amides is 2. The second-order valence-electron chi connectivity index (χ2n) is 5.88. The summed E-state index contributed by atoms with van der Waals surface area (Å²) in [7, 11) is 1.87. The zero-order valence-corrected chi connectivity index (χ0v) is 13.6. The summed E-state index contributed by atoms with van der Waals surface area (Å²) in [5, 5.41) is 7.46. The normalized spacial score (nSPS) is 17.2. The molecule has 0 aliphatic carbocycles. The molecule has 7 heteroatoms. The number of rotatable bonds is 5. The molecule has 3 N–H and O–H groups in total. The quantitative estimate of drug-likeness (QED) is 0.849. The van der Waals surface area contributed by atoms with Gasteiger partial charge in [-0.1, -0.05) is 18.2 Å². The van der Waals surface area contributed by atoms with E-state index in [1.54, 1.807) is 0 Å². The number of hydrogen-bond acceptors (Lipinski definition) is 4. The topological polar surface area (TPSA) is 93.3 Å². The molecule has 0 bridgehead atoms. The highest BCUT2D eigenvalue weighted by atomic mass is 16.2. The number of nitrogens with two attached hydrogens (primary N) is 1. The summed E-state index contributed by atoms with van der Waals surface area (Å²) in [5.74, 6) is -0.775. The van der Waals surface area contributed by atoms with Gasteiger partial charge in [0.2, 0.25) is 0 Å². The van der Waals surface area contributed by atoms with Gasteiger partial charge in [-0.3, -0.25) is 9.59 Å². The lowest BCUT2D eigenvalue weighted by molar-refractivity contribution is 0.0730. The predicted molar refractivity (Wildman–Crippen MR) is 90.1 cm³/mol. The van der Waals surface area contributed by atoms with E-state index in [0.717, 1.165) is 19.4 Å². The van der Waals surface area contributed by atoms with Gasteiger partial charge in [0.15, 0.2) is 5.69 Å². The van der Waals surface area contributed by atoms with E-state index >= 15 is 0 Å². The van der Waals surface area contributed by atoms with E-state index in [1.165, 1.54) is 10.7 Å². The van der Waals surface area contributed by atoms with Crippen molar-refractivity contribution in [2.24, 2.45) is 5.73 Å². The molecule has 1 fully saturated rings. The number of aromatic nitrogens is 2. The molecule has 7 nitrogen and oxygen atoms in total. The molecule has 1 atom stereocenters. The van der Waals surface area contributed by atoms with Gasteiger partial charge in [0.05, 0.1) is 5.69 Å². The lowest BCUT2D eigenvalue weighted by atomic mass is 10.2. The van der Waals surface area contributed by atoms with Gasteiger partial charge in [-0.15, -0.1) is 0 Å². The smallest absolute Gasteiger partial charge is 0.274 e. The summed E-state index contributed by atoms with van der Waals surface area (Å²) in [4.78, 5) is 26.4. The van der Waals surface area contributed by atoms with E-state index in [9.17, 15) is 9.59 Å². The van der Waals surface area contributed by atoms with Gasteiger partial charge in [-0.05, 0) is 32.0 Å². The molecule has 0 radical (unpaired) electrons. The maximum Gasteiger partial charge on any atom is 0.274 e. The predicted octanol–water partition coefficient (Wildman–Crippen LogP) is 0.795. The first-order valence-corrected chi connectivity index (χ1v) is 8.02. The second-order valence-corrected chi connectivity index (χ2v) is 5.88. The molecule has 0 saturated carbocycles. The zero-order chi connectivity index (χ0) is 17.1. The van der Waals surface area contributed by atoms with Crippen LogP contribution in [0.25, 0.3) is 5.69 Å². The van der Waals surface area contributed by atoms with Crippen molar-refractivity contribution in [2.45, 2.75) is 18.9 Å². The fourth-order valence-electron chi connectivity index (χ4n) is 3.13. The Labute approximate surface area is 140 Å². The number of nitrogens with zero attached hydrogens (tertiary/aromatic N) is 3. The van der Waals surface area contributed by atoms with Gasteiger partial charge in [0.1, 0.15) is 5.69 Å². The number of likely N-dealkylation sites (tertiary alicyclic amines) is 1. The molecule has 1 aliphatic rings. The minimum Gasteiger partial charge on any atom is -0.364 e. The third-order valence-corrected chi connectivity index (χ3v) is 4.26. The molecule has 0 spiro atoms. The first kappa shape index (κ1) is 16.2. The monoisotopic (exact) mass is 327 g/mol. The van der Waals surface area contributed by atoms with Crippen LogP contribution in [-0.4, -0.2) is 52.7 Å². The van der Waals surface area contributed by atoms with Crippen molar-refractivity contribution >= 4 is 11.8 Å². The molecule has 2 amide bonds. The highest BCUT2D eigenvalue weighted by molar-refractivity contribution is 5.98. The Kier molecular flexibility index (Phi) is 4.61. The van der Waals surface area contributed by atoms with Gasteiger partial charge in [0, 0.05) is 25.2 Å². The van der Waals surface area contributed by atoms with Crippen LogP contribution in [0.2, 0.25) is 0 Å². The molecule has 1 aromatic heterocycles. The van der Waals surface area contributed by atoms with Crippen LogP contribution in [-0.2, 0) is 0 Å². The SMILES string of the molecule is CNC[C@@H]1CCCN1C(=O)c1cc(C(N)=O)n(-c2ccccc2)n1. The zero-order valence-electron chi connectivity index (χ0n) is 13.6. The van der Waals surface area contributed by atoms with Crippen LogP contribution in [0, 0.1) is 0 Å². The Hall–Kier alpha value is -2.67. The van der Waals surface area contributed by atoms with E-state index in [0.29, 0.717) is 12.2 Å². The van der Waals surface area contributed by atoms with E-state index in [1.807, 2.05) is 42.3 Å². The third-order valence-electron chi connectivity index (χ3n) is 4.26. The molecule has 24 heavy (non-hydrogen) atoms. The first-order chi connectivity index (χ1) is 11.6. The maximum atomic E-state index is 12.8. The average molecular weight is 327 g/mol. The Morgan fingerprint density at radius 3 is 2.75 bits per heavy atom. The van der Waals surface area contributed by atoms with Crippen molar-refractivity contribution in [3.63, 3.8) is 0 Å². The number of likely N-dealkylation sites (N-methyl/N-ethyl adjacent to an activating group) is 1.